The molecule has 106 valence electrons. The van der Waals surface area contributed by atoms with Crippen LogP contribution in [0.25, 0.3) is 0 Å². The molecule has 1 aromatic heterocycles. The van der Waals surface area contributed by atoms with E-state index in [4.69, 9.17) is 10.2 Å². The smallest absolute Gasteiger partial charge is 0.345 e. The van der Waals surface area contributed by atoms with Crippen LogP contribution in [0.15, 0.2) is 23.6 Å². The second kappa shape index (κ2) is 6.29. The average Bonchev–Trinajstić information content (AvgIpc) is 2.72. The standard InChI is InChI=1S/C11H15NO5S2/c1-3-4-12(5-6-13)19(16,17)10-7-9(11(14)15)18-8(10)2/h3,7,13H,1,4-6H2,2H3,(H,14,15). The highest BCUT2D eigenvalue weighted by Crippen LogP contribution is 2.28. The van der Waals surface area contributed by atoms with Crippen molar-refractivity contribution in [2.24, 2.45) is 0 Å². The van der Waals surface area contributed by atoms with Crippen molar-refractivity contribution >= 4 is 27.3 Å². The van der Waals surface area contributed by atoms with E-state index in [1.165, 1.54) is 6.08 Å². The van der Waals surface area contributed by atoms with E-state index in [0.717, 1.165) is 21.7 Å². The summed E-state index contributed by atoms with van der Waals surface area (Å²) in [6, 6.07) is 1.14. The lowest BCUT2D eigenvalue weighted by atomic mass is 10.4. The molecule has 8 heteroatoms. The Kier molecular flexibility index (Phi) is 5.24. The number of hydrogen-bond donors (Lipinski definition) is 2. The SMILES string of the molecule is C=CCN(CCO)S(=O)(=O)c1cc(C(=O)O)sc1C. The van der Waals surface area contributed by atoms with E-state index in [1.54, 1.807) is 6.92 Å². The van der Waals surface area contributed by atoms with E-state index < -0.39 is 16.0 Å². The Morgan fingerprint density at radius 2 is 2.21 bits per heavy atom. The predicted octanol–water partition coefficient (Wildman–Crippen LogP) is 0.924. The first-order valence-electron chi connectivity index (χ1n) is 5.40. The van der Waals surface area contributed by atoms with Crippen LogP contribution in [0.1, 0.15) is 14.5 Å². The molecule has 0 aliphatic rings. The van der Waals surface area contributed by atoms with Crippen molar-refractivity contribution in [3.63, 3.8) is 0 Å². The molecule has 0 unspecified atom stereocenters. The molecule has 1 rings (SSSR count). The number of sulfonamides is 1. The van der Waals surface area contributed by atoms with Crippen LogP contribution in [-0.4, -0.2) is 48.6 Å². The molecule has 0 aromatic carbocycles. The number of nitrogens with zero attached hydrogens (tertiary/aromatic N) is 1. The molecular weight excluding hydrogens is 290 g/mol. The van der Waals surface area contributed by atoms with Crippen LogP contribution in [0, 0.1) is 6.92 Å². The molecule has 0 aliphatic heterocycles. The molecule has 0 atom stereocenters. The molecule has 0 bridgehead atoms. The van der Waals surface area contributed by atoms with Crippen molar-refractivity contribution in [2.45, 2.75) is 11.8 Å². The summed E-state index contributed by atoms with van der Waals surface area (Å²) in [6.45, 7) is 4.69. The van der Waals surface area contributed by atoms with Gasteiger partial charge < -0.3 is 10.2 Å². The maximum atomic E-state index is 12.3. The zero-order valence-corrected chi connectivity index (χ0v) is 12.0. The van der Waals surface area contributed by atoms with E-state index in [1.807, 2.05) is 0 Å². The van der Waals surface area contributed by atoms with Gasteiger partial charge in [0.1, 0.15) is 4.88 Å². The van der Waals surface area contributed by atoms with Crippen LogP contribution < -0.4 is 0 Å². The second-order valence-electron chi connectivity index (χ2n) is 3.71. The number of rotatable bonds is 7. The van der Waals surface area contributed by atoms with Gasteiger partial charge in [-0.25, -0.2) is 13.2 Å². The van der Waals surface area contributed by atoms with Crippen molar-refractivity contribution in [1.29, 1.82) is 0 Å². The molecule has 19 heavy (non-hydrogen) atoms. The summed E-state index contributed by atoms with van der Waals surface area (Å²) in [4.78, 5) is 11.2. The topological polar surface area (TPSA) is 94.9 Å². The monoisotopic (exact) mass is 305 g/mol. The zero-order valence-electron chi connectivity index (χ0n) is 10.4. The molecule has 0 spiro atoms. The number of carboxylic acid groups (broad SMARTS) is 1. The van der Waals surface area contributed by atoms with E-state index in [-0.39, 0.29) is 29.5 Å². The fourth-order valence-electron chi connectivity index (χ4n) is 1.53. The summed E-state index contributed by atoms with van der Waals surface area (Å²) < 4.78 is 25.8. The summed E-state index contributed by atoms with van der Waals surface area (Å²) >= 11 is 0.909. The first-order valence-corrected chi connectivity index (χ1v) is 7.66. The highest BCUT2D eigenvalue weighted by molar-refractivity contribution is 7.89. The van der Waals surface area contributed by atoms with Gasteiger partial charge in [0.2, 0.25) is 10.0 Å². The van der Waals surface area contributed by atoms with Crippen molar-refractivity contribution in [1.82, 2.24) is 4.31 Å². The lowest BCUT2D eigenvalue weighted by Crippen LogP contribution is -2.33. The Morgan fingerprint density at radius 1 is 1.58 bits per heavy atom. The minimum absolute atomic E-state index is 0.0290. The summed E-state index contributed by atoms with van der Waals surface area (Å²) in [5.41, 5.74) is 0. The molecule has 0 saturated carbocycles. The first kappa shape index (κ1) is 15.8. The number of aliphatic hydroxyl groups excluding tert-OH is 1. The normalized spacial score (nSPS) is 11.7. The minimum atomic E-state index is -3.82. The third-order valence-electron chi connectivity index (χ3n) is 2.38. The van der Waals surface area contributed by atoms with Gasteiger partial charge in [-0.1, -0.05) is 6.08 Å². The molecule has 0 aliphatic carbocycles. The Morgan fingerprint density at radius 3 is 2.63 bits per heavy atom. The second-order valence-corrected chi connectivity index (χ2v) is 6.87. The molecule has 2 N–H and O–H groups in total. The molecule has 0 fully saturated rings. The van der Waals surface area contributed by atoms with E-state index in [2.05, 4.69) is 6.58 Å². The van der Waals surface area contributed by atoms with Crippen LogP contribution >= 0.6 is 11.3 Å². The number of carboxylic acids is 1. The number of aliphatic hydroxyl groups is 1. The van der Waals surface area contributed by atoms with Gasteiger partial charge in [0.15, 0.2) is 0 Å². The van der Waals surface area contributed by atoms with Gasteiger partial charge >= 0.3 is 5.97 Å². The predicted molar refractivity (Wildman–Crippen MR) is 72.1 cm³/mol. The maximum absolute atomic E-state index is 12.3. The number of aromatic carboxylic acids is 1. The third kappa shape index (κ3) is 3.41. The zero-order chi connectivity index (χ0) is 14.6. The highest BCUT2D eigenvalue weighted by Gasteiger charge is 2.27. The van der Waals surface area contributed by atoms with E-state index in [0.29, 0.717) is 4.88 Å². The molecule has 6 nitrogen and oxygen atoms in total. The third-order valence-corrected chi connectivity index (χ3v) is 5.54. The summed E-state index contributed by atoms with van der Waals surface area (Å²) in [6.07, 6.45) is 1.41. The Hall–Kier alpha value is -1.22. The average molecular weight is 305 g/mol. The first-order chi connectivity index (χ1) is 8.84. The van der Waals surface area contributed by atoms with Gasteiger partial charge in [0.05, 0.1) is 11.5 Å². The van der Waals surface area contributed by atoms with Gasteiger partial charge in [-0.05, 0) is 13.0 Å². The molecule has 1 heterocycles. The lowest BCUT2D eigenvalue weighted by Gasteiger charge is -2.19. The Bertz CT molecular complexity index is 576. The van der Waals surface area contributed by atoms with Crippen LogP contribution in [0.3, 0.4) is 0 Å². The molecule has 0 radical (unpaired) electrons. The molecule has 1 aromatic rings. The van der Waals surface area contributed by atoms with Gasteiger partial charge in [-0.3, -0.25) is 0 Å². The van der Waals surface area contributed by atoms with Gasteiger partial charge in [-0.15, -0.1) is 17.9 Å². The van der Waals surface area contributed by atoms with E-state index in [9.17, 15) is 13.2 Å². The fraction of sp³-hybridized carbons (Fsp3) is 0.364. The molecule has 0 amide bonds. The van der Waals surface area contributed by atoms with Gasteiger partial charge in [-0.2, -0.15) is 4.31 Å². The largest absolute Gasteiger partial charge is 0.477 e. The maximum Gasteiger partial charge on any atom is 0.345 e. The number of carbonyl (C=O) groups is 1. The van der Waals surface area contributed by atoms with Crippen molar-refractivity contribution < 1.29 is 23.4 Å². The fourth-order valence-corrected chi connectivity index (χ4v) is 4.33. The summed E-state index contributed by atoms with van der Waals surface area (Å²) in [5.74, 6) is -1.16. The van der Waals surface area contributed by atoms with Crippen LogP contribution in [-0.2, 0) is 10.0 Å². The quantitative estimate of drug-likeness (QED) is 0.731. The van der Waals surface area contributed by atoms with Crippen LogP contribution in [0.5, 0.6) is 0 Å². The molecular formula is C11H15NO5S2. The van der Waals surface area contributed by atoms with Crippen molar-refractivity contribution in [2.75, 3.05) is 19.7 Å². The number of hydrogen-bond acceptors (Lipinski definition) is 5. The Labute approximate surface area is 115 Å². The van der Waals surface area contributed by atoms with Crippen LogP contribution in [0.2, 0.25) is 0 Å². The van der Waals surface area contributed by atoms with Gasteiger partial charge in [0.25, 0.3) is 0 Å². The van der Waals surface area contributed by atoms with Gasteiger partial charge in [0, 0.05) is 18.0 Å². The number of thiophene rings is 1. The summed E-state index contributed by atoms with van der Waals surface area (Å²) in [5, 5.41) is 17.8. The van der Waals surface area contributed by atoms with Crippen molar-refractivity contribution in [3.05, 3.63) is 28.5 Å². The Balaban J connectivity index is 3.24. The highest BCUT2D eigenvalue weighted by atomic mass is 32.2. The minimum Gasteiger partial charge on any atom is -0.477 e. The number of aryl methyl sites for hydroxylation is 1. The summed E-state index contributed by atoms with van der Waals surface area (Å²) in [7, 11) is -3.82. The van der Waals surface area contributed by atoms with Crippen LogP contribution in [0.4, 0.5) is 0 Å². The lowest BCUT2D eigenvalue weighted by molar-refractivity contribution is 0.0702. The molecule has 0 saturated heterocycles. The van der Waals surface area contributed by atoms with Crippen molar-refractivity contribution in [3.8, 4) is 0 Å². The van der Waals surface area contributed by atoms with E-state index >= 15 is 0 Å².